The van der Waals surface area contributed by atoms with E-state index in [-0.39, 0.29) is 18.8 Å². The van der Waals surface area contributed by atoms with Crippen LogP contribution >= 0.6 is 0 Å². The normalized spacial score (nSPS) is 20.0. The van der Waals surface area contributed by atoms with Crippen molar-refractivity contribution in [2.24, 2.45) is 5.92 Å². The molecular formula is C33H36N4O5. The lowest BCUT2D eigenvalue weighted by Gasteiger charge is -2.08. The molecule has 7 N–H and O–H groups in total. The fourth-order valence-corrected chi connectivity index (χ4v) is 5.98. The Morgan fingerprint density at radius 2 is 1.43 bits per heavy atom. The van der Waals surface area contributed by atoms with E-state index in [9.17, 15) is 24.9 Å². The van der Waals surface area contributed by atoms with E-state index in [1.807, 2.05) is 58.1 Å². The first-order valence-electron chi connectivity index (χ1n) is 13.9. The Morgan fingerprint density at radius 3 is 2.07 bits per heavy atom. The molecule has 0 fully saturated rings. The Hall–Kier alpha value is -4.92. The number of H-pyrrole nitrogens is 3. The van der Waals surface area contributed by atoms with Crippen molar-refractivity contribution in [3.8, 4) is 0 Å². The van der Waals surface area contributed by atoms with Crippen LogP contribution in [0.4, 0.5) is 0 Å². The number of fused-ring (bicyclic) bond motifs is 8. The van der Waals surface area contributed by atoms with Gasteiger partial charge in [0.25, 0.3) is 0 Å². The molecule has 0 saturated carbocycles. The average molecular weight is 569 g/mol. The van der Waals surface area contributed by atoms with Gasteiger partial charge in [-0.25, -0.2) is 0 Å². The van der Waals surface area contributed by atoms with Gasteiger partial charge in [-0.3, -0.25) is 9.59 Å². The van der Waals surface area contributed by atoms with Crippen molar-refractivity contribution in [2.75, 3.05) is 0 Å². The van der Waals surface area contributed by atoms with Crippen LogP contribution in [0.1, 0.15) is 64.7 Å². The van der Waals surface area contributed by atoms with Crippen LogP contribution in [0.25, 0.3) is 30.6 Å². The summed E-state index contributed by atoms with van der Waals surface area (Å²) >= 11 is 0. The third kappa shape index (κ3) is 5.13. The van der Waals surface area contributed by atoms with Crippen LogP contribution in [0.5, 0.6) is 0 Å². The molecule has 0 aromatic carbocycles. The van der Waals surface area contributed by atoms with E-state index in [1.165, 1.54) is 0 Å². The van der Waals surface area contributed by atoms with Crippen LogP contribution in [-0.2, 0) is 22.4 Å². The molecule has 0 radical (unpaired) electrons. The summed E-state index contributed by atoms with van der Waals surface area (Å²) in [6.45, 7) is 12.0. The van der Waals surface area contributed by atoms with Crippen molar-refractivity contribution in [3.63, 3.8) is 0 Å². The number of carbonyl (C=O) groups is 2. The van der Waals surface area contributed by atoms with Crippen molar-refractivity contribution < 1.29 is 24.9 Å². The number of carboxylic acids is 2. The Bertz CT molecular complexity index is 1940. The molecule has 1 atom stereocenters. The molecular weight excluding hydrogens is 532 g/mol. The smallest absolute Gasteiger partial charge is 0.303 e. The molecule has 3 aromatic heterocycles. The van der Waals surface area contributed by atoms with Crippen LogP contribution in [-0.4, -0.2) is 42.2 Å². The van der Waals surface area contributed by atoms with Crippen LogP contribution in [0.2, 0.25) is 0 Å². The SMILES string of the molecule is C=CC1C(C)=C2/C=c3\[nH]c(c(C)\c3=C/O)/C=c3\[nH]/c(c(CCC(=O)O)c3C)=C\c3[nH]c(c(C)c3CCC(=O)O)/C=C/1N2. The maximum absolute atomic E-state index is 11.5. The zero-order valence-corrected chi connectivity index (χ0v) is 24.2. The van der Waals surface area contributed by atoms with Crippen molar-refractivity contribution in [3.05, 3.63) is 95.8 Å². The Kier molecular flexibility index (Phi) is 7.60. The minimum atomic E-state index is -0.885. The maximum atomic E-state index is 11.5. The van der Waals surface area contributed by atoms with Crippen molar-refractivity contribution in [1.82, 2.24) is 20.3 Å². The van der Waals surface area contributed by atoms with Crippen molar-refractivity contribution >= 4 is 42.5 Å². The second-order valence-electron chi connectivity index (χ2n) is 11.0. The second-order valence-corrected chi connectivity index (χ2v) is 11.0. The van der Waals surface area contributed by atoms with E-state index in [1.54, 1.807) is 0 Å². The molecule has 2 aliphatic rings. The third-order valence-electron chi connectivity index (χ3n) is 8.48. The standard InChI is InChI=1S/C33H36N4O5/c1-6-20-16(2)26-13-31-23(15-38)19(5)25(37-31)11-24-17(3)21(7-9-32(39)40)29(35-24)14-30-22(8-10-33(41)42)18(4)27(36-30)12-28(20)34-26/h6,11-15,20,34-38H,1,7-10H2,2-5H3,(H,39,40)(H,41,42)/b23-15+,24-11-,28-12-,29-14-,31-13-. The Morgan fingerprint density at radius 1 is 0.786 bits per heavy atom. The highest BCUT2D eigenvalue weighted by atomic mass is 16.4. The first-order valence-corrected chi connectivity index (χ1v) is 13.9. The Labute approximate surface area is 242 Å². The van der Waals surface area contributed by atoms with Crippen LogP contribution in [0, 0.1) is 26.7 Å². The zero-order valence-electron chi connectivity index (χ0n) is 24.2. The third-order valence-corrected chi connectivity index (χ3v) is 8.48. The molecule has 2 aliphatic heterocycles. The second kappa shape index (κ2) is 11.2. The number of aromatic nitrogens is 3. The molecule has 9 nitrogen and oxygen atoms in total. The minimum absolute atomic E-state index is 0.0179. The van der Waals surface area contributed by atoms with E-state index in [0.29, 0.717) is 18.1 Å². The summed E-state index contributed by atoms with van der Waals surface area (Å²) < 4.78 is 0. The summed E-state index contributed by atoms with van der Waals surface area (Å²) in [6.07, 6.45) is 11.6. The highest BCUT2D eigenvalue weighted by Crippen LogP contribution is 2.33. The predicted molar refractivity (Wildman–Crippen MR) is 163 cm³/mol. The van der Waals surface area contributed by atoms with Gasteiger partial charge < -0.3 is 35.6 Å². The molecule has 5 heterocycles. The van der Waals surface area contributed by atoms with E-state index in [0.717, 1.165) is 84.2 Å². The highest BCUT2D eigenvalue weighted by Gasteiger charge is 2.25. The minimum Gasteiger partial charge on any atom is -0.515 e. The van der Waals surface area contributed by atoms with Gasteiger partial charge in [0.2, 0.25) is 0 Å². The van der Waals surface area contributed by atoms with Crippen LogP contribution < -0.4 is 26.6 Å². The molecule has 1 unspecified atom stereocenters. The molecule has 218 valence electrons. The highest BCUT2D eigenvalue weighted by molar-refractivity contribution is 5.71. The van der Waals surface area contributed by atoms with Gasteiger partial charge in [-0.1, -0.05) is 6.08 Å². The number of aliphatic hydroxyl groups excluding tert-OH is 1. The van der Waals surface area contributed by atoms with Gasteiger partial charge in [0, 0.05) is 63.2 Å². The fraction of sp³-hybridized carbons (Fsp3) is 0.273. The average Bonchev–Trinajstić information content (AvgIpc) is 3.59. The van der Waals surface area contributed by atoms with Crippen molar-refractivity contribution in [1.29, 1.82) is 0 Å². The molecule has 42 heavy (non-hydrogen) atoms. The van der Waals surface area contributed by atoms with Crippen molar-refractivity contribution in [2.45, 2.75) is 53.4 Å². The van der Waals surface area contributed by atoms with Crippen LogP contribution in [0.3, 0.4) is 0 Å². The predicted octanol–water partition coefficient (Wildman–Crippen LogP) is 2.40. The lowest BCUT2D eigenvalue weighted by Crippen LogP contribution is -2.25. The molecule has 0 amide bonds. The molecule has 3 aromatic rings. The molecule has 5 rings (SSSR count). The molecule has 0 saturated heterocycles. The van der Waals surface area contributed by atoms with Gasteiger partial charge in [0.05, 0.1) is 11.6 Å². The molecule has 0 aliphatic carbocycles. The number of aliphatic hydroxyl groups is 1. The maximum Gasteiger partial charge on any atom is 0.303 e. The van der Waals surface area contributed by atoms with Gasteiger partial charge in [-0.05, 0) is 98.2 Å². The first kappa shape index (κ1) is 28.6. The van der Waals surface area contributed by atoms with Gasteiger partial charge in [0.15, 0.2) is 0 Å². The first-order chi connectivity index (χ1) is 20.0. The molecule has 9 heteroatoms. The summed E-state index contributed by atoms with van der Waals surface area (Å²) in [5.41, 5.74) is 9.84. The zero-order chi connectivity index (χ0) is 30.3. The van der Waals surface area contributed by atoms with E-state index in [2.05, 4.69) is 26.8 Å². The summed E-state index contributed by atoms with van der Waals surface area (Å²) in [7, 11) is 0. The number of carboxylic acid groups (broad SMARTS) is 2. The van der Waals surface area contributed by atoms with E-state index in [4.69, 9.17) is 0 Å². The number of rotatable bonds is 7. The fourth-order valence-electron chi connectivity index (χ4n) is 5.98. The van der Waals surface area contributed by atoms with Gasteiger partial charge >= 0.3 is 11.9 Å². The summed E-state index contributed by atoms with van der Waals surface area (Å²) in [5, 5.41) is 35.6. The van der Waals surface area contributed by atoms with Crippen LogP contribution in [0.15, 0.2) is 29.6 Å². The van der Waals surface area contributed by atoms with E-state index < -0.39 is 11.9 Å². The number of hydrogen-bond acceptors (Lipinski definition) is 4. The van der Waals surface area contributed by atoms with Gasteiger partial charge in [-0.15, -0.1) is 6.58 Å². The summed E-state index contributed by atoms with van der Waals surface area (Å²) in [5.74, 6) is -1.83. The van der Waals surface area contributed by atoms with Gasteiger partial charge in [0.1, 0.15) is 0 Å². The Balaban J connectivity index is 1.88. The summed E-state index contributed by atoms with van der Waals surface area (Å²) in [6, 6.07) is 0. The quantitative estimate of drug-likeness (QED) is 0.217. The largest absolute Gasteiger partial charge is 0.515 e. The number of aliphatic carboxylic acids is 2. The van der Waals surface area contributed by atoms with Gasteiger partial charge in [-0.2, -0.15) is 0 Å². The number of allylic oxidation sites excluding steroid dienone is 2. The van der Waals surface area contributed by atoms with E-state index >= 15 is 0 Å². The monoisotopic (exact) mass is 568 g/mol. The molecule has 0 spiro atoms. The number of hydrogen-bond donors (Lipinski definition) is 7. The lowest BCUT2D eigenvalue weighted by molar-refractivity contribution is -0.138. The number of nitrogens with one attached hydrogen (secondary N) is 4. The lowest BCUT2D eigenvalue weighted by atomic mass is 9.97. The molecule has 8 bridgehead atoms. The summed E-state index contributed by atoms with van der Waals surface area (Å²) in [4.78, 5) is 33.5. The number of aromatic amines is 3. The topological polar surface area (TPSA) is 154 Å².